The Hall–Kier alpha value is -1.06. The molecule has 2 unspecified atom stereocenters. The second-order valence-corrected chi connectivity index (χ2v) is 6.95. The van der Waals surface area contributed by atoms with Crippen molar-refractivity contribution in [3.05, 3.63) is 0 Å². The number of rotatable bonds is 1. The van der Waals surface area contributed by atoms with Crippen LogP contribution in [0.2, 0.25) is 0 Å². The number of hydrogen-bond acceptors (Lipinski definition) is 2. The van der Waals surface area contributed by atoms with Gasteiger partial charge in [-0.1, -0.05) is 0 Å². The van der Waals surface area contributed by atoms with Crippen molar-refractivity contribution in [2.24, 2.45) is 5.92 Å². The maximum absolute atomic E-state index is 12.6. The Morgan fingerprint density at radius 1 is 1.26 bits per heavy atom. The summed E-state index contributed by atoms with van der Waals surface area (Å²) in [6, 6.07) is 0.333. The lowest BCUT2D eigenvalue weighted by atomic mass is 9.99. The van der Waals surface area contributed by atoms with Crippen LogP contribution >= 0.6 is 0 Å². The molecule has 0 aromatic carbocycles. The summed E-state index contributed by atoms with van der Waals surface area (Å²) in [5.74, 6) is 0.176. The minimum Gasteiger partial charge on any atom is -0.340 e. The van der Waals surface area contributed by atoms with Crippen molar-refractivity contribution in [1.29, 1.82) is 0 Å². The summed E-state index contributed by atoms with van der Waals surface area (Å²) >= 11 is 0. The Bertz CT molecular complexity index is 373. The van der Waals surface area contributed by atoms with Gasteiger partial charge >= 0.3 is 0 Å². The molecule has 2 saturated heterocycles. The van der Waals surface area contributed by atoms with Gasteiger partial charge in [-0.05, 0) is 47.0 Å². The third kappa shape index (κ3) is 2.93. The van der Waals surface area contributed by atoms with E-state index in [1.54, 1.807) is 0 Å². The molecule has 19 heavy (non-hydrogen) atoms. The summed E-state index contributed by atoms with van der Waals surface area (Å²) in [5, 5.41) is 0. The van der Waals surface area contributed by atoms with E-state index in [0.717, 1.165) is 19.4 Å². The van der Waals surface area contributed by atoms with E-state index < -0.39 is 0 Å². The molecule has 0 spiro atoms. The van der Waals surface area contributed by atoms with Gasteiger partial charge in [-0.2, -0.15) is 0 Å². The summed E-state index contributed by atoms with van der Waals surface area (Å²) in [6.07, 6.45) is 3.79. The third-order valence-electron chi connectivity index (χ3n) is 4.37. The Labute approximate surface area is 116 Å². The van der Waals surface area contributed by atoms with Crippen LogP contribution in [0.15, 0.2) is 0 Å². The second-order valence-electron chi connectivity index (χ2n) is 6.95. The van der Waals surface area contributed by atoms with Gasteiger partial charge in [0, 0.05) is 31.1 Å². The lowest BCUT2D eigenvalue weighted by molar-refractivity contribution is -0.139. The first kappa shape index (κ1) is 14.4. The van der Waals surface area contributed by atoms with Crippen LogP contribution in [0.5, 0.6) is 0 Å². The SMILES string of the molecule is CC1CCCCN1C(=O)C1CC(=O)N(C(C)(C)C)C1. The van der Waals surface area contributed by atoms with Gasteiger partial charge in [0.2, 0.25) is 11.8 Å². The molecule has 0 bridgehead atoms. The summed E-state index contributed by atoms with van der Waals surface area (Å²) < 4.78 is 0. The van der Waals surface area contributed by atoms with Crippen molar-refractivity contribution in [2.45, 2.75) is 65.0 Å². The molecule has 0 N–H and O–H groups in total. The van der Waals surface area contributed by atoms with Crippen molar-refractivity contribution in [3.8, 4) is 0 Å². The maximum atomic E-state index is 12.6. The second kappa shape index (κ2) is 5.14. The highest BCUT2D eigenvalue weighted by Gasteiger charge is 2.41. The third-order valence-corrected chi connectivity index (χ3v) is 4.37. The summed E-state index contributed by atoms with van der Waals surface area (Å²) in [6.45, 7) is 9.66. The van der Waals surface area contributed by atoms with E-state index in [1.807, 2.05) is 30.6 Å². The molecule has 4 heteroatoms. The molecule has 2 rings (SSSR count). The van der Waals surface area contributed by atoms with Gasteiger partial charge in [0.15, 0.2) is 0 Å². The van der Waals surface area contributed by atoms with Crippen molar-refractivity contribution < 1.29 is 9.59 Å². The van der Waals surface area contributed by atoms with E-state index in [0.29, 0.717) is 19.0 Å². The Balaban J connectivity index is 2.03. The lowest BCUT2D eigenvalue weighted by Crippen LogP contribution is -2.47. The van der Waals surface area contributed by atoms with E-state index in [9.17, 15) is 9.59 Å². The number of nitrogens with zero attached hydrogens (tertiary/aromatic N) is 2. The highest BCUT2D eigenvalue weighted by atomic mass is 16.2. The van der Waals surface area contributed by atoms with Crippen molar-refractivity contribution >= 4 is 11.8 Å². The monoisotopic (exact) mass is 266 g/mol. The van der Waals surface area contributed by atoms with Crippen molar-refractivity contribution in [1.82, 2.24) is 9.80 Å². The summed E-state index contributed by atoms with van der Waals surface area (Å²) in [4.78, 5) is 28.5. The van der Waals surface area contributed by atoms with Gasteiger partial charge in [-0.3, -0.25) is 9.59 Å². The van der Waals surface area contributed by atoms with Crippen LogP contribution < -0.4 is 0 Å². The molecule has 0 aliphatic carbocycles. The normalized spacial score (nSPS) is 28.9. The van der Waals surface area contributed by atoms with Crippen molar-refractivity contribution in [3.63, 3.8) is 0 Å². The molecule has 2 amide bonds. The fraction of sp³-hybridized carbons (Fsp3) is 0.867. The molecule has 4 nitrogen and oxygen atoms in total. The van der Waals surface area contributed by atoms with Gasteiger partial charge in [0.25, 0.3) is 0 Å². The van der Waals surface area contributed by atoms with Crippen LogP contribution in [0.1, 0.15) is 53.4 Å². The first-order valence-electron chi connectivity index (χ1n) is 7.41. The van der Waals surface area contributed by atoms with Crippen LogP contribution in [-0.4, -0.2) is 46.3 Å². The molecule has 2 atom stereocenters. The van der Waals surface area contributed by atoms with E-state index in [2.05, 4.69) is 6.92 Å². The predicted octanol–water partition coefficient (Wildman–Crippen LogP) is 2.03. The lowest BCUT2D eigenvalue weighted by Gasteiger charge is -2.36. The smallest absolute Gasteiger partial charge is 0.228 e. The highest BCUT2D eigenvalue weighted by molar-refractivity contribution is 5.89. The number of hydrogen-bond donors (Lipinski definition) is 0. The summed E-state index contributed by atoms with van der Waals surface area (Å²) in [7, 11) is 0. The molecule has 0 aromatic rings. The maximum Gasteiger partial charge on any atom is 0.228 e. The molecular weight excluding hydrogens is 240 g/mol. The molecule has 0 radical (unpaired) electrons. The number of likely N-dealkylation sites (tertiary alicyclic amines) is 2. The molecule has 2 aliphatic heterocycles. The topological polar surface area (TPSA) is 40.6 Å². The van der Waals surface area contributed by atoms with Crippen LogP contribution in [0, 0.1) is 5.92 Å². The van der Waals surface area contributed by atoms with Gasteiger partial charge in [0.1, 0.15) is 0 Å². The van der Waals surface area contributed by atoms with Gasteiger partial charge < -0.3 is 9.80 Å². The highest BCUT2D eigenvalue weighted by Crippen LogP contribution is 2.29. The minimum atomic E-state index is -0.181. The van der Waals surface area contributed by atoms with E-state index in [1.165, 1.54) is 6.42 Å². The zero-order valence-electron chi connectivity index (χ0n) is 12.6. The fourth-order valence-corrected chi connectivity index (χ4v) is 3.18. The first-order chi connectivity index (χ1) is 8.80. The van der Waals surface area contributed by atoms with E-state index in [-0.39, 0.29) is 23.3 Å². The molecule has 2 heterocycles. The number of carbonyl (C=O) groups excluding carboxylic acids is 2. The molecule has 2 aliphatic rings. The van der Waals surface area contributed by atoms with Crippen LogP contribution in [0.4, 0.5) is 0 Å². The fourth-order valence-electron chi connectivity index (χ4n) is 3.18. The quantitative estimate of drug-likeness (QED) is 0.728. The van der Waals surface area contributed by atoms with Crippen LogP contribution in [0.3, 0.4) is 0 Å². The van der Waals surface area contributed by atoms with Crippen molar-refractivity contribution in [2.75, 3.05) is 13.1 Å². The zero-order chi connectivity index (χ0) is 14.2. The first-order valence-corrected chi connectivity index (χ1v) is 7.41. The van der Waals surface area contributed by atoms with E-state index >= 15 is 0 Å². The largest absolute Gasteiger partial charge is 0.340 e. The Kier molecular flexibility index (Phi) is 3.88. The van der Waals surface area contributed by atoms with Crippen LogP contribution in [0.25, 0.3) is 0 Å². The molecule has 108 valence electrons. The summed E-state index contributed by atoms with van der Waals surface area (Å²) in [5.41, 5.74) is -0.181. The standard InChI is InChI=1S/C15H26N2O2/c1-11-7-5-6-8-16(11)14(19)12-9-13(18)17(10-12)15(2,3)4/h11-12H,5-10H2,1-4H3. The van der Waals surface area contributed by atoms with Gasteiger partial charge in [-0.25, -0.2) is 0 Å². The molecular formula is C15H26N2O2. The number of piperidine rings is 1. The Morgan fingerprint density at radius 2 is 1.95 bits per heavy atom. The average Bonchev–Trinajstić information content (AvgIpc) is 2.71. The molecule has 0 aromatic heterocycles. The van der Waals surface area contributed by atoms with Crippen LogP contribution in [-0.2, 0) is 9.59 Å². The predicted molar refractivity (Wildman–Crippen MR) is 74.6 cm³/mol. The molecule has 0 saturated carbocycles. The van der Waals surface area contributed by atoms with Gasteiger partial charge in [0.05, 0.1) is 5.92 Å². The Morgan fingerprint density at radius 3 is 2.47 bits per heavy atom. The van der Waals surface area contributed by atoms with E-state index in [4.69, 9.17) is 0 Å². The number of carbonyl (C=O) groups is 2. The molecule has 2 fully saturated rings. The van der Waals surface area contributed by atoms with Gasteiger partial charge in [-0.15, -0.1) is 0 Å². The average molecular weight is 266 g/mol. The minimum absolute atomic E-state index is 0.121. The number of amides is 2. The zero-order valence-corrected chi connectivity index (χ0v) is 12.6.